The van der Waals surface area contributed by atoms with Crippen molar-refractivity contribution in [1.82, 2.24) is 20.5 Å². The van der Waals surface area contributed by atoms with E-state index in [1.807, 2.05) is 0 Å². The molecular formula is C22H35N5S. The van der Waals surface area contributed by atoms with Crippen molar-refractivity contribution in [2.24, 2.45) is 4.99 Å². The van der Waals surface area contributed by atoms with Crippen LogP contribution in [0, 0.1) is 0 Å². The lowest BCUT2D eigenvalue weighted by Crippen LogP contribution is -2.36. The molecule has 0 amide bonds. The van der Waals surface area contributed by atoms with Gasteiger partial charge in [0.25, 0.3) is 0 Å². The van der Waals surface area contributed by atoms with Crippen molar-refractivity contribution in [3.8, 4) is 0 Å². The van der Waals surface area contributed by atoms with E-state index in [2.05, 4.69) is 86.8 Å². The quantitative estimate of drug-likeness (QED) is 0.484. The third-order valence-electron chi connectivity index (χ3n) is 4.74. The van der Waals surface area contributed by atoms with Gasteiger partial charge in [-0.05, 0) is 44.9 Å². The maximum Gasteiger partial charge on any atom is 0.191 e. The van der Waals surface area contributed by atoms with E-state index >= 15 is 0 Å². The van der Waals surface area contributed by atoms with Crippen LogP contribution in [0.3, 0.4) is 0 Å². The van der Waals surface area contributed by atoms with E-state index in [0.717, 1.165) is 29.8 Å². The number of thiazole rings is 1. The van der Waals surface area contributed by atoms with Crippen LogP contribution in [0.2, 0.25) is 0 Å². The third kappa shape index (κ3) is 6.91. The minimum absolute atomic E-state index is 0.465. The maximum absolute atomic E-state index is 4.81. The van der Waals surface area contributed by atoms with E-state index in [1.165, 1.54) is 11.1 Å². The summed E-state index contributed by atoms with van der Waals surface area (Å²) in [6.07, 6.45) is 0. The Balaban J connectivity index is 2.03. The van der Waals surface area contributed by atoms with E-state index in [0.29, 0.717) is 25.0 Å². The summed E-state index contributed by atoms with van der Waals surface area (Å²) in [5.41, 5.74) is 3.76. The lowest BCUT2D eigenvalue weighted by Gasteiger charge is -2.22. The predicted octanol–water partition coefficient (Wildman–Crippen LogP) is 4.36. The van der Waals surface area contributed by atoms with Crippen molar-refractivity contribution in [2.75, 3.05) is 13.6 Å². The second-order valence-electron chi connectivity index (χ2n) is 7.65. The van der Waals surface area contributed by atoms with E-state index < -0.39 is 0 Å². The molecule has 1 aromatic heterocycles. The summed E-state index contributed by atoms with van der Waals surface area (Å²) in [6.45, 7) is 14.0. The van der Waals surface area contributed by atoms with Gasteiger partial charge >= 0.3 is 0 Å². The lowest BCUT2D eigenvalue weighted by atomic mass is 10.1. The first kappa shape index (κ1) is 22.4. The van der Waals surface area contributed by atoms with Crippen molar-refractivity contribution in [2.45, 2.75) is 66.2 Å². The zero-order chi connectivity index (χ0) is 20.5. The van der Waals surface area contributed by atoms with Crippen molar-refractivity contribution in [3.05, 3.63) is 51.5 Å². The van der Waals surface area contributed by atoms with Gasteiger partial charge in [-0.15, -0.1) is 11.3 Å². The highest BCUT2D eigenvalue weighted by Crippen LogP contribution is 2.17. The van der Waals surface area contributed by atoms with Crippen molar-refractivity contribution < 1.29 is 0 Å². The molecule has 1 aromatic carbocycles. The van der Waals surface area contributed by atoms with Gasteiger partial charge in [0, 0.05) is 24.5 Å². The van der Waals surface area contributed by atoms with E-state index in [9.17, 15) is 0 Å². The van der Waals surface area contributed by atoms with Crippen molar-refractivity contribution in [1.29, 1.82) is 0 Å². The summed E-state index contributed by atoms with van der Waals surface area (Å²) in [5.74, 6) is 1.29. The molecule has 0 aliphatic carbocycles. The van der Waals surface area contributed by atoms with Crippen molar-refractivity contribution >= 4 is 17.3 Å². The minimum Gasteiger partial charge on any atom is -0.357 e. The Bertz CT molecular complexity index is 751. The molecule has 0 radical (unpaired) electrons. The molecule has 0 saturated heterocycles. The SMILES string of the molecule is CCNC(=NCc1ccccc1CN(C)C(C)C)NCc1nc(C(C)C)cs1. The van der Waals surface area contributed by atoms with Gasteiger partial charge in [0.15, 0.2) is 5.96 Å². The predicted molar refractivity (Wildman–Crippen MR) is 121 cm³/mol. The number of aliphatic imine (C=N–C) groups is 1. The van der Waals surface area contributed by atoms with Crippen LogP contribution in [0.1, 0.15) is 62.4 Å². The molecule has 0 unspecified atom stereocenters. The van der Waals surface area contributed by atoms with Gasteiger partial charge in [-0.3, -0.25) is 4.90 Å². The average Bonchev–Trinajstić information content (AvgIpc) is 3.14. The van der Waals surface area contributed by atoms with Gasteiger partial charge in [0.1, 0.15) is 5.01 Å². The Hall–Kier alpha value is -1.92. The molecule has 0 bridgehead atoms. The van der Waals surface area contributed by atoms with Gasteiger partial charge in [-0.25, -0.2) is 9.98 Å². The minimum atomic E-state index is 0.465. The summed E-state index contributed by atoms with van der Waals surface area (Å²) in [6, 6.07) is 9.09. The van der Waals surface area contributed by atoms with Gasteiger partial charge in [-0.1, -0.05) is 38.1 Å². The van der Waals surface area contributed by atoms with Crippen LogP contribution in [-0.4, -0.2) is 35.5 Å². The summed E-state index contributed by atoms with van der Waals surface area (Å²) in [7, 11) is 2.16. The number of nitrogens with zero attached hydrogens (tertiary/aromatic N) is 3. The Morgan fingerprint density at radius 2 is 1.86 bits per heavy atom. The Kier molecular flexibility index (Phi) is 8.93. The number of hydrogen-bond donors (Lipinski definition) is 2. The average molecular weight is 402 g/mol. The first-order chi connectivity index (χ1) is 13.4. The molecule has 2 aromatic rings. The molecule has 1 heterocycles. The molecule has 2 N–H and O–H groups in total. The van der Waals surface area contributed by atoms with Crippen molar-refractivity contribution in [3.63, 3.8) is 0 Å². The second kappa shape index (κ2) is 11.2. The monoisotopic (exact) mass is 401 g/mol. The highest BCUT2D eigenvalue weighted by molar-refractivity contribution is 7.09. The number of guanidine groups is 1. The molecule has 0 fully saturated rings. The van der Waals surface area contributed by atoms with Gasteiger partial charge in [-0.2, -0.15) is 0 Å². The van der Waals surface area contributed by atoms with E-state index in [-0.39, 0.29) is 0 Å². The van der Waals surface area contributed by atoms with Crippen LogP contribution in [0.4, 0.5) is 0 Å². The van der Waals surface area contributed by atoms with Gasteiger partial charge < -0.3 is 10.6 Å². The third-order valence-corrected chi connectivity index (χ3v) is 5.61. The molecule has 5 nitrogen and oxygen atoms in total. The first-order valence-electron chi connectivity index (χ1n) is 10.1. The van der Waals surface area contributed by atoms with E-state index in [4.69, 9.17) is 9.98 Å². The fraction of sp³-hybridized carbons (Fsp3) is 0.545. The van der Waals surface area contributed by atoms with Gasteiger partial charge in [0.05, 0.1) is 18.8 Å². The first-order valence-corrected chi connectivity index (χ1v) is 11.0. The number of aromatic nitrogens is 1. The molecule has 28 heavy (non-hydrogen) atoms. The number of nitrogens with one attached hydrogen (secondary N) is 2. The Morgan fingerprint density at radius 3 is 2.46 bits per heavy atom. The Labute approximate surface area is 174 Å². The molecule has 2 rings (SSSR count). The van der Waals surface area contributed by atoms with Crippen LogP contribution in [0.5, 0.6) is 0 Å². The van der Waals surface area contributed by atoms with Crippen LogP contribution < -0.4 is 10.6 Å². The normalized spacial score (nSPS) is 12.2. The molecule has 0 atom stereocenters. The summed E-state index contributed by atoms with van der Waals surface area (Å²) in [5, 5.41) is 9.99. The second-order valence-corrected chi connectivity index (χ2v) is 8.59. The molecular weight excluding hydrogens is 366 g/mol. The molecule has 0 spiro atoms. The number of rotatable bonds is 9. The lowest BCUT2D eigenvalue weighted by molar-refractivity contribution is 0.265. The van der Waals surface area contributed by atoms with Crippen LogP contribution >= 0.6 is 11.3 Å². The highest BCUT2D eigenvalue weighted by Gasteiger charge is 2.09. The zero-order valence-corrected chi connectivity index (χ0v) is 18.9. The molecule has 0 saturated carbocycles. The van der Waals surface area contributed by atoms with Crippen LogP contribution in [0.15, 0.2) is 34.6 Å². The summed E-state index contributed by atoms with van der Waals surface area (Å²) < 4.78 is 0. The maximum atomic E-state index is 4.81. The van der Waals surface area contributed by atoms with E-state index in [1.54, 1.807) is 11.3 Å². The smallest absolute Gasteiger partial charge is 0.191 e. The zero-order valence-electron chi connectivity index (χ0n) is 18.1. The largest absolute Gasteiger partial charge is 0.357 e. The van der Waals surface area contributed by atoms with Crippen LogP contribution in [0.25, 0.3) is 0 Å². The summed E-state index contributed by atoms with van der Waals surface area (Å²) in [4.78, 5) is 11.8. The standard InChI is InChI=1S/C22H35N5S/c1-7-23-22(25-13-21-26-20(15-28-21)16(2)3)24-12-18-10-8-9-11-19(18)14-27(6)17(4)5/h8-11,15-17H,7,12-14H2,1-6H3,(H2,23,24,25). The summed E-state index contributed by atoms with van der Waals surface area (Å²) >= 11 is 1.70. The van der Waals surface area contributed by atoms with Gasteiger partial charge in [0.2, 0.25) is 0 Å². The highest BCUT2D eigenvalue weighted by atomic mass is 32.1. The topological polar surface area (TPSA) is 52.6 Å². The molecule has 0 aliphatic heterocycles. The molecule has 6 heteroatoms. The van der Waals surface area contributed by atoms with Crippen LogP contribution in [-0.2, 0) is 19.6 Å². The fourth-order valence-corrected chi connectivity index (χ4v) is 3.55. The number of hydrogen-bond acceptors (Lipinski definition) is 4. The molecule has 0 aliphatic rings. The number of benzene rings is 1. The fourth-order valence-electron chi connectivity index (χ4n) is 2.65. The Morgan fingerprint density at radius 1 is 1.14 bits per heavy atom. The molecule has 154 valence electrons.